The van der Waals surface area contributed by atoms with Gasteiger partial charge in [0, 0.05) is 30.4 Å². The summed E-state index contributed by atoms with van der Waals surface area (Å²) in [5.74, 6) is 2.32. The maximum Gasteiger partial charge on any atom is 0.227 e. The molecule has 0 radical (unpaired) electrons. The standard InChI is InChI=1S/C21H29N5O3.HI/c1-5-22-21(25-16-10-11-17(28-4)18(14-16)29-6-2)23-13-12-20(27)26-19-9-7-8-15(3)24-19;/h7-11,14H,5-6,12-13H2,1-4H3,(H2,22,23,25)(H,24,26,27);1H. The SMILES string of the molecule is CCNC(=NCCC(=O)Nc1cccc(C)n1)Nc1ccc(OC)c(OCC)c1.I. The van der Waals surface area contributed by atoms with Crippen LogP contribution in [-0.4, -0.2) is 43.7 Å². The van der Waals surface area contributed by atoms with Gasteiger partial charge in [-0.25, -0.2) is 4.98 Å². The number of aryl methyl sites for hydroxylation is 1. The molecule has 0 aliphatic rings. The van der Waals surface area contributed by atoms with Gasteiger partial charge >= 0.3 is 0 Å². The van der Waals surface area contributed by atoms with Gasteiger partial charge in [0.1, 0.15) is 5.82 Å². The Morgan fingerprint density at radius 1 is 1.13 bits per heavy atom. The Labute approximate surface area is 194 Å². The third-order valence-electron chi connectivity index (χ3n) is 3.84. The Balaban J connectivity index is 0.00000450. The van der Waals surface area contributed by atoms with E-state index in [2.05, 4.69) is 25.9 Å². The van der Waals surface area contributed by atoms with E-state index in [9.17, 15) is 4.79 Å². The summed E-state index contributed by atoms with van der Waals surface area (Å²) in [5.41, 5.74) is 1.66. The monoisotopic (exact) mass is 527 g/mol. The minimum absolute atomic E-state index is 0. The molecule has 9 heteroatoms. The summed E-state index contributed by atoms with van der Waals surface area (Å²) in [7, 11) is 1.60. The average molecular weight is 527 g/mol. The van der Waals surface area contributed by atoms with Crippen molar-refractivity contribution in [2.24, 2.45) is 4.99 Å². The highest BCUT2D eigenvalue weighted by Crippen LogP contribution is 2.30. The van der Waals surface area contributed by atoms with Crippen molar-refractivity contribution in [2.75, 3.05) is 37.4 Å². The number of hydrogen-bond acceptors (Lipinski definition) is 5. The quantitative estimate of drug-likeness (QED) is 0.261. The first-order valence-electron chi connectivity index (χ1n) is 9.65. The molecule has 0 aliphatic carbocycles. The minimum atomic E-state index is -0.134. The lowest BCUT2D eigenvalue weighted by Gasteiger charge is -2.14. The third-order valence-corrected chi connectivity index (χ3v) is 3.84. The van der Waals surface area contributed by atoms with Gasteiger partial charge in [-0.2, -0.15) is 0 Å². The fraction of sp³-hybridized carbons (Fsp3) is 0.381. The number of hydrogen-bond donors (Lipinski definition) is 3. The van der Waals surface area contributed by atoms with Gasteiger partial charge < -0.3 is 25.4 Å². The topological polar surface area (TPSA) is 96.9 Å². The van der Waals surface area contributed by atoms with Crippen LogP contribution < -0.4 is 25.4 Å². The maximum atomic E-state index is 12.1. The number of benzene rings is 1. The first-order valence-corrected chi connectivity index (χ1v) is 9.65. The average Bonchev–Trinajstić information content (AvgIpc) is 2.68. The Kier molecular flexibility index (Phi) is 11.6. The minimum Gasteiger partial charge on any atom is -0.493 e. The summed E-state index contributed by atoms with van der Waals surface area (Å²) < 4.78 is 10.9. The highest BCUT2D eigenvalue weighted by atomic mass is 127. The largest absolute Gasteiger partial charge is 0.493 e. The molecule has 0 aliphatic heterocycles. The van der Waals surface area contributed by atoms with Crippen LogP contribution in [0.1, 0.15) is 26.0 Å². The molecule has 164 valence electrons. The summed E-state index contributed by atoms with van der Waals surface area (Å²) >= 11 is 0. The zero-order valence-corrected chi connectivity index (χ0v) is 20.2. The van der Waals surface area contributed by atoms with Crippen LogP contribution in [0.15, 0.2) is 41.4 Å². The van der Waals surface area contributed by atoms with Gasteiger partial charge in [0.25, 0.3) is 0 Å². The first kappa shape index (κ1) is 25.5. The smallest absolute Gasteiger partial charge is 0.227 e. The van der Waals surface area contributed by atoms with E-state index in [1.54, 1.807) is 13.2 Å². The molecule has 0 fully saturated rings. The molecular formula is C21H30IN5O3. The summed E-state index contributed by atoms with van der Waals surface area (Å²) in [6.07, 6.45) is 0.249. The Bertz CT molecular complexity index is 845. The van der Waals surface area contributed by atoms with Crippen LogP contribution in [0.3, 0.4) is 0 Å². The Morgan fingerprint density at radius 3 is 2.60 bits per heavy atom. The van der Waals surface area contributed by atoms with E-state index in [-0.39, 0.29) is 36.3 Å². The lowest BCUT2D eigenvalue weighted by atomic mass is 10.2. The summed E-state index contributed by atoms with van der Waals surface area (Å²) in [6, 6.07) is 11.1. The van der Waals surface area contributed by atoms with Crippen molar-refractivity contribution in [1.29, 1.82) is 0 Å². The molecule has 2 aromatic rings. The zero-order valence-electron chi connectivity index (χ0n) is 17.8. The van der Waals surface area contributed by atoms with Gasteiger partial charge in [-0.05, 0) is 45.0 Å². The van der Waals surface area contributed by atoms with Crippen molar-refractivity contribution in [3.05, 3.63) is 42.1 Å². The van der Waals surface area contributed by atoms with Gasteiger partial charge in [-0.1, -0.05) is 6.07 Å². The number of ether oxygens (including phenoxy) is 2. The predicted molar refractivity (Wildman–Crippen MR) is 131 cm³/mol. The van der Waals surface area contributed by atoms with Gasteiger partial charge in [-0.3, -0.25) is 9.79 Å². The zero-order chi connectivity index (χ0) is 21.1. The van der Waals surface area contributed by atoms with E-state index in [1.807, 2.05) is 51.1 Å². The fourth-order valence-electron chi connectivity index (χ4n) is 2.55. The van der Waals surface area contributed by atoms with Crippen molar-refractivity contribution < 1.29 is 14.3 Å². The molecule has 8 nitrogen and oxygen atoms in total. The molecule has 30 heavy (non-hydrogen) atoms. The van der Waals surface area contributed by atoms with Crippen LogP contribution in [-0.2, 0) is 4.79 Å². The third kappa shape index (κ3) is 8.44. The number of rotatable bonds is 9. The van der Waals surface area contributed by atoms with Crippen molar-refractivity contribution in [3.8, 4) is 11.5 Å². The van der Waals surface area contributed by atoms with E-state index >= 15 is 0 Å². The number of guanidine groups is 1. The van der Waals surface area contributed by atoms with Crippen molar-refractivity contribution in [1.82, 2.24) is 10.3 Å². The molecule has 1 amide bonds. The molecule has 1 aromatic heterocycles. The second-order valence-electron chi connectivity index (χ2n) is 6.15. The molecule has 1 heterocycles. The summed E-state index contributed by atoms with van der Waals surface area (Å²) in [5, 5.41) is 9.17. The molecule has 0 bridgehead atoms. The Hall–Kier alpha value is -2.56. The number of carbonyl (C=O) groups is 1. The van der Waals surface area contributed by atoms with Crippen LogP contribution in [0.5, 0.6) is 11.5 Å². The molecule has 0 spiro atoms. The van der Waals surface area contributed by atoms with E-state index in [0.717, 1.165) is 11.4 Å². The van der Waals surface area contributed by atoms with Gasteiger partial charge in [0.05, 0.1) is 20.3 Å². The molecular weight excluding hydrogens is 497 g/mol. The second kappa shape index (κ2) is 13.6. The number of methoxy groups -OCH3 is 1. The van der Waals surface area contributed by atoms with Crippen LogP contribution in [0.2, 0.25) is 0 Å². The highest BCUT2D eigenvalue weighted by molar-refractivity contribution is 14.0. The molecule has 0 saturated heterocycles. The number of aromatic nitrogens is 1. The maximum absolute atomic E-state index is 12.1. The number of nitrogens with zero attached hydrogens (tertiary/aromatic N) is 2. The van der Waals surface area contributed by atoms with Crippen LogP contribution in [0.4, 0.5) is 11.5 Å². The number of anilines is 2. The van der Waals surface area contributed by atoms with Gasteiger partial charge in [0.2, 0.25) is 5.91 Å². The predicted octanol–water partition coefficient (Wildman–Crippen LogP) is 3.82. The molecule has 0 unspecified atom stereocenters. The molecule has 0 atom stereocenters. The van der Waals surface area contributed by atoms with Crippen molar-refractivity contribution in [2.45, 2.75) is 27.2 Å². The normalized spacial score (nSPS) is 10.6. The molecule has 1 aromatic carbocycles. The number of carbonyl (C=O) groups excluding carboxylic acids is 1. The number of nitrogens with one attached hydrogen (secondary N) is 3. The Morgan fingerprint density at radius 2 is 1.93 bits per heavy atom. The van der Waals surface area contributed by atoms with E-state index in [4.69, 9.17) is 9.47 Å². The summed E-state index contributed by atoms with van der Waals surface area (Å²) in [6.45, 7) is 7.35. The van der Waals surface area contributed by atoms with Crippen molar-refractivity contribution >= 4 is 47.3 Å². The first-order chi connectivity index (χ1) is 14.0. The summed E-state index contributed by atoms with van der Waals surface area (Å²) in [4.78, 5) is 20.8. The lowest BCUT2D eigenvalue weighted by Crippen LogP contribution is -2.31. The lowest BCUT2D eigenvalue weighted by molar-refractivity contribution is -0.116. The molecule has 0 saturated carbocycles. The number of halogens is 1. The van der Waals surface area contributed by atoms with Crippen LogP contribution in [0.25, 0.3) is 0 Å². The van der Waals surface area contributed by atoms with E-state index in [1.165, 1.54) is 0 Å². The van der Waals surface area contributed by atoms with E-state index in [0.29, 0.717) is 43.0 Å². The number of aliphatic imine (C=N–C) groups is 1. The highest BCUT2D eigenvalue weighted by Gasteiger charge is 2.08. The van der Waals surface area contributed by atoms with Crippen LogP contribution in [0, 0.1) is 6.92 Å². The number of pyridine rings is 1. The van der Waals surface area contributed by atoms with Gasteiger partial charge in [0.15, 0.2) is 17.5 Å². The molecule has 3 N–H and O–H groups in total. The van der Waals surface area contributed by atoms with Gasteiger partial charge in [-0.15, -0.1) is 24.0 Å². The van der Waals surface area contributed by atoms with E-state index < -0.39 is 0 Å². The molecule has 2 rings (SSSR count). The fourth-order valence-corrected chi connectivity index (χ4v) is 2.55. The van der Waals surface area contributed by atoms with Crippen LogP contribution >= 0.6 is 24.0 Å². The van der Waals surface area contributed by atoms with Crippen molar-refractivity contribution in [3.63, 3.8) is 0 Å². The number of amides is 1. The second-order valence-corrected chi connectivity index (χ2v) is 6.15.